The maximum Gasteiger partial charge on any atom is 0.236 e. The Labute approximate surface area is 123 Å². The quantitative estimate of drug-likeness (QED) is 0.385. The number of amidine groups is 1. The Morgan fingerprint density at radius 3 is 2.67 bits per heavy atom. The summed E-state index contributed by atoms with van der Waals surface area (Å²) in [6.45, 7) is 2.16. The first-order valence-corrected chi connectivity index (χ1v) is 6.87. The van der Waals surface area contributed by atoms with Gasteiger partial charge in [-0.15, -0.1) is 0 Å². The molecule has 1 aliphatic carbocycles. The fraction of sp³-hybridized carbons (Fsp3) is 0.467. The van der Waals surface area contributed by atoms with E-state index in [1.807, 2.05) is 6.92 Å². The van der Waals surface area contributed by atoms with E-state index < -0.39 is 5.41 Å². The van der Waals surface area contributed by atoms with Crippen molar-refractivity contribution in [2.45, 2.75) is 26.3 Å². The van der Waals surface area contributed by atoms with Crippen LogP contribution in [0.25, 0.3) is 0 Å². The molecule has 5 nitrogen and oxygen atoms in total. The summed E-state index contributed by atoms with van der Waals surface area (Å²) in [5.41, 5.74) is 5.21. The van der Waals surface area contributed by atoms with E-state index in [4.69, 9.17) is 10.9 Å². The molecule has 0 aromatic heterocycles. The molecule has 0 spiro atoms. The lowest BCUT2D eigenvalue weighted by Gasteiger charge is -2.45. The molecule has 1 aromatic rings. The summed E-state index contributed by atoms with van der Waals surface area (Å²) in [6.07, 6.45) is 1.09. The fourth-order valence-corrected chi connectivity index (χ4v) is 3.04. The molecule has 0 atom stereocenters. The highest BCUT2D eigenvalue weighted by Crippen LogP contribution is 2.47. The van der Waals surface area contributed by atoms with Gasteiger partial charge in [-0.3, -0.25) is 4.79 Å². The second-order valence-electron chi connectivity index (χ2n) is 5.83. The largest absolute Gasteiger partial charge is 0.409 e. The van der Waals surface area contributed by atoms with Gasteiger partial charge in [-0.25, -0.2) is 4.39 Å². The Balaban J connectivity index is 2.17. The maximum atomic E-state index is 13.7. The van der Waals surface area contributed by atoms with Crippen LogP contribution in [0.2, 0.25) is 0 Å². The molecule has 0 saturated heterocycles. The van der Waals surface area contributed by atoms with Crippen molar-refractivity contribution in [1.29, 1.82) is 0 Å². The number of hydrogen-bond donors (Lipinski definition) is 2. The molecule has 0 radical (unpaired) electrons. The molecule has 1 amide bonds. The lowest BCUT2D eigenvalue weighted by Crippen LogP contribution is -2.56. The lowest BCUT2D eigenvalue weighted by atomic mass is 9.61. The molecule has 114 valence electrons. The standard InChI is InChI=1S/C15H20FN3O2/c1-10-7-15(8-10,13(17)18-21)14(20)19(2)9-11-5-3-4-6-12(11)16/h3-6,10,21H,7-9H2,1-2H3,(H2,17,18). The third kappa shape index (κ3) is 2.70. The van der Waals surface area contributed by atoms with E-state index in [0.29, 0.717) is 24.3 Å². The first kappa shape index (κ1) is 15.3. The second kappa shape index (κ2) is 5.71. The normalized spacial score (nSPS) is 25.3. The van der Waals surface area contributed by atoms with Crippen molar-refractivity contribution >= 4 is 11.7 Å². The number of hydrogen-bond acceptors (Lipinski definition) is 3. The molecule has 3 N–H and O–H groups in total. The van der Waals surface area contributed by atoms with E-state index in [9.17, 15) is 9.18 Å². The summed E-state index contributed by atoms with van der Waals surface area (Å²) in [5.74, 6) is -0.307. The summed E-state index contributed by atoms with van der Waals surface area (Å²) >= 11 is 0. The monoisotopic (exact) mass is 293 g/mol. The lowest BCUT2D eigenvalue weighted by molar-refractivity contribution is -0.143. The molecule has 0 aliphatic heterocycles. The molecule has 6 heteroatoms. The molecule has 0 heterocycles. The van der Waals surface area contributed by atoms with Crippen molar-refractivity contribution in [2.75, 3.05) is 7.05 Å². The van der Waals surface area contributed by atoms with Crippen molar-refractivity contribution in [3.05, 3.63) is 35.6 Å². The van der Waals surface area contributed by atoms with Gasteiger partial charge in [0.2, 0.25) is 5.91 Å². The van der Waals surface area contributed by atoms with Gasteiger partial charge in [0.05, 0.1) is 0 Å². The van der Waals surface area contributed by atoms with Gasteiger partial charge in [-0.05, 0) is 24.8 Å². The Morgan fingerprint density at radius 2 is 2.14 bits per heavy atom. The van der Waals surface area contributed by atoms with E-state index in [2.05, 4.69) is 5.16 Å². The van der Waals surface area contributed by atoms with Crippen LogP contribution >= 0.6 is 0 Å². The van der Waals surface area contributed by atoms with Crippen LogP contribution in [0.4, 0.5) is 4.39 Å². The number of amides is 1. The summed E-state index contributed by atoms with van der Waals surface area (Å²) in [4.78, 5) is 14.1. The molecular weight excluding hydrogens is 273 g/mol. The van der Waals surface area contributed by atoms with Crippen molar-refractivity contribution < 1.29 is 14.4 Å². The minimum Gasteiger partial charge on any atom is -0.409 e. The number of carbonyl (C=O) groups is 1. The van der Waals surface area contributed by atoms with Gasteiger partial charge in [-0.2, -0.15) is 0 Å². The second-order valence-corrected chi connectivity index (χ2v) is 5.83. The average Bonchev–Trinajstić information content (AvgIpc) is 2.44. The smallest absolute Gasteiger partial charge is 0.236 e. The zero-order chi connectivity index (χ0) is 15.6. The summed E-state index contributed by atoms with van der Waals surface area (Å²) in [6, 6.07) is 6.32. The number of oxime groups is 1. The number of nitrogens with zero attached hydrogens (tertiary/aromatic N) is 2. The molecule has 1 saturated carbocycles. The van der Waals surface area contributed by atoms with Gasteiger partial charge in [0.15, 0.2) is 5.84 Å². The predicted octanol–water partition coefficient (Wildman–Crippen LogP) is 1.95. The number of carbonyl (C=O) groups excluding carboxylic acids is 1. The van der Waals surface area contributed by atoms with Crippen LogP contribution < -0.4 is 5.73 Å². The SMILES string of the molecule is CC1CC(C(=O)N(C)Cc2ccccc2F)(/C(N)=N/O)C1. The van der Waals surface area contributed by atoms with Crippen LogP contribution in [0.3, 0.4) is 0 Å². The highest BCUT2D eigenvalue weighted by atomic mass is 19.1. The van der Waals surface area contributed by atoms with Crippen molar-refractivity contribution in [3.63, 3.8) is 0 Å². The zero-order valence-electron chi connectivity index (χ0n) is 12.2. The molecule has 2 rings (SSSR count). The third-order valence-corrected chi connectivity index (χ3v) is 4.11. The summed E-state index contributed by atoms with van der Waals surface area (Å²) in [7, 11) is 1.60. The Hall–Kier alpha value is -2.11. The molecule has 21 heavy (non-hydrogen) atoms. The van der Waals surface area contributed by atoms with Crippen LogP contribution in [0.5, 0.6) is 0 Å². The predicted molar refractivity (Wildman–Crippen MR) is 77.1 cm³/mol. The maximum absolute atomic E-state index is 13.7. The van der Waals surface area contributed by atoms with Crippen molar-refractivity contribution in [3.8, 4) is 0 Å². The topological polar surface area (TPSA) is 78.9 Å². The highest BCUT2D eigenvalue weighted by Gasteiger charge is 2.53. The van der Waals surface area contributed by atoms with Crippen LogP contribution in [0, 0.1) is 17.2 Å². The first-order valence-electron chi connectivity index (χ1n) is 6.87. The van der Waals surface area contributed by atoms with E-state index in [1.54, 1.807) is 25.2 Å². The van der Waals surface area contributed by atoms with Gasteiger partial charge in [0, 0.05) is 19.2 Å². The van der Waals surface area contributed by atoms with E-state index in [-0.39, 0.29) is 24.1 Å². The van der Waals surface area contributed by atoms with E-state index in [0.717, 1.165) is 0 Å². The van der Waals surface area contributed by atoms with Crippen molar-refractivity contribution in [1.82, 2.24) is 4.90 Å². The van der Waals surface area contributed by atoms with Crippen LogP contribution in [0.15, 0.2) is 29.4 Å². The molecule has 1 fully saturated rings. The number of halogens is 1. The molecule has 0 bridgehead atoms. The third-order valence-electron chi connectivity index (χ3n) is 4.11. The van der Waals surface area contributed by atoms with E-state index in [1.165, 1.54) is 11.0 Å². The number of nitrogens with two attached hydrogens (primary N) is 1. The van der Waals surface area contributed by atoms with Gasteiger partial charge >= 0.3 is 0 Å². The Morgan fingerprint density at radius 1 is 1.52 bits per heavy atom. The highest BCUT2D eigenvalue weighted by molar-refractivity contribution is 6.07. The Kier molecular flexibility index (Phi) is 4.16. The number of benzene rings is 1. The molecule has 0 unspecified atom stereocenters. The molecular formula is C15H20FN3O2. The minimum absolute atomic E-state index is 0.0639. The van der Waals surface area contributed by atoms with Crippen molar-refractivity contribution in [2.24, 2.45) is 22.2 Å². The zero-order valence-corrected chi connectivity index (χ0v) is 12.2. The number of rotatable bonds is 4. The summed E-state index contributed by atoms with van der Waals surface area (Å²) < 4.78 is 13.7. The van der Waals surface area contributed by atoms with E-state index >= 15 is 0 Å². The molecule has 1 aliphatic rings. The van der Waals surface area contributed by atoms with Crippen LogP contribution in [0.1, 0.15) is 25.3 Å². The van der Waals surface area contributed by atoms with Gasteiger partial charge in [0.1, 0.15) is 11.2 Å². The van der Waals surface area contributed by atoms with Crippen LogP contribution in [-0.4, -0.2) is 28.9 Å². The van der Waals surface area contributed by atoms with Gasteiger partial charge in [-0.1, -0.05) is 30.3 Å². The molecule has 1 aromatic carbocycles. The summed E-state index contributed by atoms with van der Waals surface area (Å²) in [5, 5.41) is 11.9. The fourth-order valence-electron chi connectivity index (χ4n) is 3.04. The van der Waals surface area contributed by atoms with Crippen LogP contribution in [-0.2, 0) is 11.3 Å². The van der Waals surface area contributed by atoms with Gasteiger partial charge < -0.3 is 15.8 Å². The minimum atomic E-state index is -0.950. The Bertz CT molecular complexity index is 568. The first-order chi connectivity index (χ1) is 9.90. The average molecular weight is 293 g/mol. The van der Waals surface area contributed by atoms with Gasteiger partial charge in [0.25, 0.3) is 0 Å².